The maximum absolute atomic E-state index is 12.6. The molecule has 0 spiro atoms. The molecule has 2 aromatic rings. The van der Waals surface area contributed by atoms with Gasteiger partial charge in [-0.1, -0.05) is 0 Å². The van der Waals surface area contributed by atoms with E-state index >= 15 is 0 Å². The van der Waals surface area contributed by atoms with Crippen LogP contribution in [0.1, 0.15) is 47.8 Å². The molecular formula is C21H25N3O3. The van der Waals surface area contributed by atoms with Gasteiger partial charge in [0.1, 0.15) is 5.76 Å². The Morgan fingerprint density at radius 2 is 1.85 bits per heavy atom. The molecule has 6 heteroatoms. The first kappa shape index (κ1) is 17.8. The Bertz CT molecular complexity index is 780. The van der Waals surface area contributed by atoms with Gasteiger partial charge < -0.3 is 14.6 Å². The van der Waals surface area contributed by atoms with E-state index in [0.717, 1.165) is 37.5 Å². The Morgan fingerprint density at radius 1 is 1.07 bits per heavy atom. The van der Waals surface area contributed by atoms with E-state index in [1.165, 1.54) is 12.8 Å². The molecule has 2 aliphatic heterocycles. The molecule has 1 aromatic carbocycles. The van der Waals surface area contributed by atoms with Gasteiger partial charge in [-0.3, -0.25) is 14.5 Å². The summed E-state index contributed by atoms with van der Waals surface area (Å²) in [5, 5.41) is 3.04. The van der Waals surface area contributed by atoms with Gasteiger partial charge in [0.05, 0.1) is 12.3 Å². The number of carbonyl (C=O) groups excluding carboxylic acids is 2. The lowest BCUT2D eigenvalue weighted by atomic mass is 10.1. The highest BCUT2D eigenvalue weighted by Crippen LogP contribution is 2.25. The average Bonchev–Trinajstić information content (AvgIpc) is 3.45. The lowest BCUT2D eigenvalue weighted by Crippen LogP contribution is -2.36. The summed E-state index contributed by atoms with van der Waals surface area (Å²) in [6, 6.07) is 11.2. The van der Waals surface area contributed by atoms with Crippen LogP contribution in [0.15, 0.2) is 47.1 Å². The number of nitrogens with one attached hydrogen (secondary N) is 1. The van der Waals surface area contributed by atoms with Gasteiger partial charge in [-0.15, -0.1) is 0 Å². The van der Waals surface area contributed by atoms with Gasteiger partial charge in [0.2, 0.25) is 5.91 Å². The van der Waals surface area contributed by atoms with Gasteiger partial charge in [0.25, 0.3) is 5.91 Å². The standard InChI is InChI=1S/C21H25N3O3/c25-20-6-3-13-24(20)17-9-7-16(8-10-17)21(26)22-15-18(19-5-4-14-27-19)23-11-1-2-12-23/h4-5,7-10,14,18H,1-3,6,11-13,15H2,(H,22,26). The first-order valence-electron chi connectivity index (χ1n) is 9.68. The zero-order chi connectivity index (χ0) is 18.6. The lowest BCUT2D eigenvalue weighted by Gasteiger charge is -2.26. The maximum atomic E-state index is 12.6. The van der Waals surface area contributed by atoms with E-state index < -0.39 is 0 Å². The second-order valence-electron chi connectivity index (χ2n) is 7.18. The van der Waals surface area contributed by atoms with Gasteiger partial charge in [0, 0.05) is 30.8 Å². The number of anilines is 1. The normalized spacial score (nSPS) is 18.8. The fourth-order valence-corrected chi connectivity index (χ4v) is 3.95. The number of hydrogen-bond acceptors (Lipinski definition) is 4. The number of amides is 2. The van der Waals surface area contributed by atoms with Crippen LogP contribution in [0.25, 0.3) is 0 Å². The van der Waals surface area contributed by atoms with Gasteiger partial charge in [-0.05, 0) is 68.8 Å². The van der Waals surface area contributed by atoms with Crippen LogP contribution < -0.4 is 10.2 Å². The molecule has 0 aliphatic carbocycles. The summed E-state index contributed by atoms with van der Waals surface area (Å²) in [4.78, 5) is 28.6. The van der Waals surface area contributed by atoms with Gasteiger partial charge in [0.15, 0.2) is 0 Å². The van der Waals surface area contributed by atoms with Gasteiger partial charge in [-0.25, -0.2) is 0 Å². The Labute approximate surface area is 159 Å². The molecule has 0 bridgehead atoms. The maximum Gasteiger partial charge on any atom is 0.251 e. The van der Waals surface area contributed by atoms with Gasteiger partial charge in [-0.2, -0.15) is 0 Å². The molecule has 1 unspecified atom stereocenters. The Morgan fingerprint density at radius 3 is 2.48 bits per heavy atom. The molecule has 2 amide bonds. The fourth-order valence-electron chi connectivity index (χ4n) is 3.95. The molecular weight excluding hydrogens is 342 g/mol. The van der Waals surface area contributed by atoms with Crippen LogP contribution in [0, 0.1) is 0 Å². The monoisotopic (exact) mass is 367 g/mol. The topological polar surface area (TPSA) is 65.8 Å². The second-order valence-corrected chi connectivity index (χ2v) is 7.18. The molecule has 3 heterocycles. The first-order valence-corrected chi connectivity index (χ1v) is 9.68. The third kappa shape index (κ3) is 3.90. The summed E-state index contributed by atoms with van der Waals surface area (Å²) in [7, 11) is 0. The molecule has 2 saturated heterocycles. The van der Waals surface area contributed by atoms with Crippen molar-refractivity contribution in [1.29, 1.82) is 0 Å². The highest BCUT2D eigenvalue weighted by atomic mass is 16.3. The predicted molar refractivity (Wildman–Crippen MR) is 103 cm³/mol. The second kappa shape index (κ2) is 7.96. The zero-order valence-electron chi connectivity index (χ0n) is 15.4. The van der Waals surface area contributed by atoms with E-state index in [1.807, 2.05) is 24.3 Å². The quantitative estimate of drug-likeness (QED) is 0.852. The number of rotatable bonds is 6. The van der Waals surface area contributed by atoms with Crippen LogP contribution in [-0.2, 0) is 4.79 Å². The van der Waals surface area contributed by atoms with Crippen molar-refractivity contribution < 1.29 is 14.0 Å². The fraction of sp³-hybridized carbons (Fsp3) is 0.429. The van der Waals surface area contributed by atoms with Crippen molar-refractivity contribution in [3.63, 3.8) is 0 Å². The summed E-state index contributed by atoms with van der Waals surface area (Å²) in [6.45, 7) is 3.32. The highest BCUT2D eigenvalue weighted by Gasteiger charge is 2.26. The third-order valence-electron chi connectivity index (χ3n) is 5.42. The Balaban J connectivity index is 1.39. The molecule has 4 rings (SSSR count). The molecule has 142 valence electrons. The number of hydrogen-bond donors (Lipinski definition) is 1. The summed E-state index contributed by atoms with van der Waals surface area (Å²) in [5.41, 5.74) is 1.46. The van der Waals surface area contributed by atoms with Crippen molar-refractivity contribution >= 4 is 17.5 Å². The smallest absolute Gasteiger partial charge is 0.251 e. The number of likely N-dealkylation sites (tertiary alicyclic amines) is 1. The average molecular weight is 367 g/mol. The number of furan rings is 1. The van der Waals surface area contributed by atoms with E-state index in [9.17, 15) is 9.59 Å². The summed E-state index contributed by atoms with van der Waals surface area (Å²) in [6.07, 6.45) is 5.54. The minimum absolute atomic E-state index is 0.0629. The van der Waals surface area contributed by atoms with E-state index in [1.54, 1.807) is 23.3 Å². The summed E-state index contributed by atoms with van der Waals surface area (Å²) < 4.78 is 5.60. The van der Waals surface area contributed by atoms with Crippen molar-refractivity contribution in [2.24, 2.45) is 0 Å². The minimum atomic E-state index is -0.106. The first-order chi connectivity index (χ1) is 13.2. The molecule has 1 aromatic heterocycles. The van der Waals surface area contributed by atoms with Crippen molar-refractivity contribution in [1.82, 2.24) is 10.2 Å². The van der Waals surface area contributed by atoms with Crippen molar-refractivity contribution in [3.05, 3.63) is 54.0 Å². The lowest BCUT2D eigenvalue weighted by molar-refractivity contribution is -0.117. The van der Waals surface area contributed by atoms with Gasteiger partial charge >= 0.3 is 0 Å². The third-order valence-corrected chi connectivity index (χ3v) is 5.42. The predicted octanol–water partition coefficient (Wildman–Crippen LogP) is 2.97. The SMILES string of the molecule is O=C(NCC(c1ccco1)N1CCCC1)c1ccc(N2CCCC2=O)cc1. The summed E-state index contributed by atoms with van der Waals surface area (Å²) >= 11 is 0. The molecule has 0 saturated carbocycles. The molecule has 6 nitrogen and oxygen atoms in total. The molecule has 27 heavy (non-hydrogen) atoms. The minimum Gasteiger partial charge on any atom is -0.468 e. The van der Waals surface area contributed by atoms with Crippen molar-refractivity contribution in [3.8, 4) is 0 Å². The van der Waals surface area contributed by atoms with Crippen LogP contribution in [0.5, 0.6) is 0 Å². The van der Waals surface area contributed by atoms with E-state index in [4.69, 9.17) is 4.42 Å². The molecule has 1 atom stereocenters. The highest BCUT2D eigenvalue weighted by molar-refractivity contribution is 5.97. The van der Waals surface area contributed by atoms with E-state index in [-0.39, 0.29) is 17.9 Å². The number of carbonyl (C=O) groups is 2. The van der Waals surface area contributed by atoms with Crippen LogP contribution in [-0.4, -0.2) is 42.9 Å². The van der Waals surface area contributed by atoms with E-state index in [2.05, 4.69) is 10.2 Å². The van der Waals surface area contributed by atoms with Crippen molar-refractivity contribution in [2.45, 2.75) is 31.7 Å². The molecule has 2 fully saturated rings. The van der Waals surface area contributed by atoms with Crippen LogP contribution in [0.4, 0.5) is 5.69 Å². The zero-order valence-corrected chi connectivity index (χ0v) is 15.4. The number of benzene rings is 1. The van der Waals surface area contributed by atoms with Crippen LogP contribution >= 0.6 is 0 Å². The number of nitrogens with zero attached hydrogens (tertiary/aromatic N) is 2. The largest absolute Gasteiger partial charge is 0.468 e. The van der Waals surface area contributed by atoms with Crippen molar-refractivity contribution in [2.75, 3.05) is 31.1 Å². The summed E-state index contributed by atoms with van der Waals surface area (Å²) in [5.74, 6) is 0.934. The molecule has 2 aliphatic rings. The molecule has 0 radical (unpaired) electrons. The van der Waals surface area contributed by atoms with E-state index in [0.29, 0.717) is 18.5 Å². The van der Waals surface area contributed by atoms with Crippen LogP contribution in [0.3, 0.4) is 0 Å². The van der Waals surface area contributed by atoms with Crippen LogP contribution in [0.2, 0.25) is 0 Å². The molecule has 1 N–H and O–H groups in total. The Kier molecular flexibility index (Phi) is 5.25. The Hall–Kier alpha value is -2.60.